The van der Waals surface area contributed by atoms with Gasteiger partial charge in [0.15, 0.2) is 0 Å². The van der Waals surface area contributed by atoms with Gasteiger partial charge in [-0.1, -0.05) is 13.0 Å². The minimum absolute atomic E-state index is 0.0562. The smallest absolute Gasteiger partial charge is 0.251 e. The molecule has 1 amide bonds. The molecule has 1 unspecified atom stereocenters. The number of thiazole rings is 1. The van der Waals surface area contributed by atoms with Gasteiger partial charge in [-0.25, -0.2) is 4.98 Å². The number of aryl methyl sites for hydroxylation is 1. The number of halogens is 1. The summed E-state index contributed by atoms with van der Waals surface area (Å²) >= 11 is 3.86. The van der Waals surface area contributed by atoms with E-state index in [0.29, 0.717) is 5.56 Å². The van der Waals surface area contributed by atoms with Gasteiger partial charge in [0.1, 0.15) is 5.01 Å². The molecule has 5 heteroatoms. The van der Waals surface area contributed by atoms with Crippen molar-refractivity contribution in [2.45, 2.75) is 26.3 Å². The van der Waals surface area contributed by atoms with Crippen LogP contribution in [0.4, 0.5) is 0 Å². The third-order valence-electron chi connectivity index (χ3n) is 2.72. The van der Waals surface area contributed by atoms with Gasteiger partial charge in [-0.3, -0.25) is 4.79 Å². The summed E-state index contributed by atoms with van der Waals surface area (Å²) in [5.41, 5.74) is 0.686. The van der Waals surface area contributed by atoms with Crippen LogP contribution in [0.1, 0.15) is 40.1 Å². The molecule has 1 N–H and O–H groups in total. The zero-order valence-electron chi connectivity index (χ0n) is 10.8. The summed E-state index contributed by atoms with van der Waals surface area (Å²) in [6, 6.07) is 7.50. The van der Waals surface area contributed by atoms with E-state index >= 15 is 0 Å². The zero-order chi connectivity index (χ0) is 13.8. The lowest BCUT2D eigenvalue weighted by atomic mass is 10.2. The molecule has 3 nitrogen and oxygen atoms in total. The summed E-state index contributed by atoms with van der Waals surface area (Å²) < 4.78 is 1.06. The Bertz CT molecular complexity index is 582. The third kappa shape index (κ3) is 3.76. The molecule has 0 aliphatic rings. The molecule has 19 heavy (non-hydrogen) atoms. The molecule has 1 aromatic heterocycles. The van der Waals surface area contributed by atoms with Crippen LogP contribution in [-0.4, -0.2) is 10.9 Å². The van der Waals surface area contributed by atoms with Crippen molar-refractivity contribution < 1.29 is 4.79 Å². The Hall–Kier alpha value is -0.950. The first kappa shape index (κ1) is 14.5. The first-order valence-corrected chi connectivity index (χ1v) is 8.00. The largest absolute Gasteiger partial charge is 0.343 e. The Morgan fingerprint density at radius 3 is 2.95 bits per heavy atom. The lowest BCUT2D eigenvalue weighted by Crippen LogP contribution is -2.26. The van der Waals surface area contributed by atoms with Crippen LogP contribution in [0.3, 0.4) is 0 Å². The minimum atomic E-state index is -0.0596. The molecule has 1 heterocycles. The van der Waals surface area contributed by atoms with Crippen LogP contribution in [0.15, 0.2) is 30.5 Å². The molecule has 0 saturated heterocycles. The Morgan fingerprint density at radius 1 is 1.53 bits per heavy atom. The van der Waals surface area contributed by atoms with Crippen LogP contribution in [0.2, 0.25) is 0 Å². The standard InChI is InChI=1S/C14H15IN2OS/c1-3-12-8-16-14(19-12)9(2)17-13(18)10-5-4-6-11(15)7-10/h4-9H,3H2,1-2H3,(H,17,18). The van der Waals surface area contributed by atoms with Gasteiger partial charge in [0, 0.05) is 20.2 Å². The summed E-state index contributed by atoms with van der Waals surface area (Å²) in [6.45, 7) is 4.07. The second-order valence-electron chi connectivity index (χ2n) is 4.22. The summed E-state index contributed by atoms with van der Waals surface area (Å²) in [5.74, 6) is -0.0562. The maximum atomic E-state index is 12.1. The quantitative estimate of drug-likeness (QED) is 0.813. The molecule has 0 spiro atoms. The van der Waals surface area contributed by atoms with Crippen molar-refractivity contribution in [1.82, 2.24) is 10.3 Å². The maximum absolute atomic E-state index is 12.1. The Kier molecular flexibility index (Phi) is 4.93. The monoisotopic (exact) mass is 386 g/mol. The van der Waals surface area contributed by atoms with Crippen LogP contribution in [-0.2, 0) is 6.42 Å². The molecule has 100 valence electrons. The lowest BCUT2D eigenvalue weighted by molar-refractivity contribution is 0.0940. The van der Waals surface area contributed by atoms with E-state index in [2.05, 4.69) is 39.8 Å². The second-order valence-corrected chi connectivity index (χ2v) is 6.62. The van der Waals surface area contributed by atoms with Crippen molar-refractivity contribution >= 4 is 39.8 Å². The summed E-state index contributed by atoms with van der Waals surface area (Å²) in [5, 5.41) is 3.94. The van der Waals surface area contributed by atoms with Crippen molar-refractivity contribution in [1.29, 1.82) is 0 Å². The van der Waals surface area contributed by atoms with Crippen molar-refractivity contribution in [3.05, 3.63) is 49.5 Å². The predicted molar refractivity (Wildman–Crippen MR) is 86.5 cm³/mol. The van der Waals surface area contributed by atoms with E-state index in [9.17, 15) is 4.79 Å². The normalized spacial score (nSPS) is 12.2. The van der Waals surface area contributed by atoms with Crippen molar-refractivity contribution in [2.24, 2.45) is 0 Å². The number of nitrogens with zero attached hydrogens (tertiary/aromatic N) is 1. The topological polar surface area (TPSA) is 42.0 Å². The summed E-state index contributed by atoms with van der Waals surface area (Å²) in [7, 11) is 0. The van der Waals surface area contributed by atoms with Gasteiger partial charge in [0.05, 0.1) is 6.04 Å². The summed E-state index contributed by atoms with van der Waals surface area (Å²) in [6.07, 6.45) is 2.86. The maximum Gasteiger partial charge on any atom is 0.251 e. The van der Waals surface area contributed by atoms with E-state index in [4.69, 9.17) is 0 Å². The molecule has 1 aromatic carbocycles. The highest BCUT2D eigenvalue weighted by molar-refractivity contribution is 14.1. The molecule has 0 bridgehead atoms. The van der Waals surface area contributed by atoms with Gasteiger partial charge in [0.2, 0.25) is 0 Å². The van der Waals surface area contributed by atoms with E-state index in [1.807, 2.05) is 37.4 Å². The molecule has 0 aliphatic heterocycles. The molecule has 2 aromatic rings. The van der Waals surface area contributed by atoms with Gasteiger partial charge >= 0.3 is 0 Å². The number of nitrogens with one attached hydrogen (secondary N) is 1. The second kappa shape index (κ2) is 6.47. The first-order valence-electron chi connectivity index (χ1n) is 6.11. The third-order valence-corrected chi connectivity index (χ3v) is 4.72. The van der Waals surface area contributed by atoms with Crippen molar-refractivity contribution in [3.63, 3.8) is 0 Å². The predicted octanol–water partition coefficient (Wildman–Crippen LogP) is 3.80. The average Bonchev–Trinajstić information content (AvgIpc) is 2.87. The lowest BCUT2D eigenvalue weighted by Gasteiger charge is -2.11. The average molecular weight is 386 g/mol. The number of hydrogen-bond acceptors (Lipinski definition) is 3. The number of carbonyl (C=O) groups is 1. The molecule has 0 saturated carbocycles. The Morgan fingerprint density at radius 2 is 2.32 bits per heavy atom. The fraction of sp³-hybridized carbons (Fsp3) is 0.286. The van der Waals surface area contributed by atoms with E-state index in [0.717, 1.165) is 15.0 Å². The fourth-order valence-corrected chi connectivity index (χ4v) is 3.06. The highest BCUT2D eigenvalue weighted by Gasteiger charge is 2.14. The highest BCUT2D eigenvalue weighted by atomic mass is 127. The van der Waals surface area contributed by atoms with Crippen LogP contribution in [0.5, 0.6) is 0 Å². The van der Waals surface area contributed by atoms with Crippen LogP contribution in [0, 0.1) is 3.57 Å². The zero-order valence-corrected chi connectivity index (χ0v) is 13.8. The molecule has 1 atom stereocenters. The fourth-order valence-electron chi connectivity index (χ4n) is 1.66. The van der Waals surface area contributed by atoms with E-state index in [-0.39, 0.29) is 11.9 Å². The van der Waals surface area contributed by atoms with Gasteiger partial charge in [-0.15, -0.1) is 11.3 Å². The van der Waals surface area contributed by atoms with Crippen molar-refractivity contribution in [3.8, 4) is 0 Å². The van der Waals surface area contributed by atoms with E-state index in [1.54, 1.807) is 11.3 Å². The Balaban J connectivity index is 2.06. The number of hydrogen-bond donors (Lipinski definition) is 1. The molecule has 0 fully saturated rings. The minimum Gasteiger partial charge on any atom is -0.343 e. The van der Waals surface area contributed by atoms with Crippen molar-refractivity contribution in [2.75, 3.05) is 0 Å². The van der Waals surface area contributed by atoms with Crippen LogP contribution >= 0.6 is 33.9 Å². The molecular weight excluding hydrogens is 371 g/mol. The van der Waals surface area contributed by atoms with Crippen LogP contribution < -0.4 is 5.32 Å². The van der Waals surface area contributed by atoms with Gasteiger partial charge in [0.25, 0.3) is 5.91 Å². The molecule has 0 radical (unpaired) electrons. The molecule has 0 aliphatic carbocycles. The van der Waals surface area contributed by atoms with Gasteiger partial charge < -0.3 is 5.32 Å². The van der Waals surface area contributed by atoms with Gasteiger partial charge in [-0.05, 0) is 54.1 Å². The number of rotatable bonds is 4. The van der Waals surface area contributed by atoms with E-state index in [1.165, 1.54) is 4.88 Å². The van der Waals surface area contributed by atoms with Gasteiger partial charge in [-0.2, -0.15) is 0 Å². The number of aromatic nitrogens is 1. The molecular formula is C14H15IN2OS. The molecule has 2 rings (SSSR count). The first-order chi connectivity index (χ1) is 9.10. The SMILES string of the molecule is CCc1cnc(C(C)NC(=O)c2cccc(I)c2)s1. The Labute approximate surface area is 130 Å². The van der Waals surface area contributed by atoms with E-state index < -0.39 is 0 Å². The highest BCUT2D eigenvalue weighted by Crippen LogP contribution is 2.20. The number of carbonyl (C=O) groups excluding carboxylic acids is 1. The summed E-state index contributed by atoms with van der Waals surface area (Å²) in [4.78, 5) is 17.7. The number of amides is 1. The van der Waals surface area contributed by atoms with Crippen LogP contribution in [0.25, 0.3) is 0 Å². The number of benzene rings is 1.